The van der Waals surface area contributed by atoms with Crippen LogP contribution < -0.4 is 5.73 Å². The van der Waals surface area contributed by atoms with Crippen LogP contribution in [0, 0.1) is 5.92 Å². The first-order chi connectivity index (χ1) is 7.15. The third-order valence-electron chi connectivity index (χ3n) is 4.15. The molecular formula is C12H22N2O. The van der Waals surface area contributed by atoms with Crippen molar-refractivity contribution >= 4 is 5.91 Å². The lowest BCUT2D eigenvalue weighted by Crippen LogP contribution is -2.60. The molecule has 0 aromatic carbocycles. The lowest BCUT2D eigenvalue weighted by atomic mass is 9.76. The van der Waals surface area contributed by atoms with Crippen LogP contribution >= 0.6 is 0 Å². The first-order valence-electron chi connectivity index (χ1n) is 6.24. The van der Waals surface area contributed by atoms with Crippen molar-refractivity contribution in [2.45, 2.75) is 51.0 Å². The Labute approximate surface area is 92.0 Å². The number of piperidine rings is 1. The summed E-state index contributed by atoms with van der Waals surface area (Å²) in [5.41, 5.74) is 5.57. The molecule has 3 nitrogen and oxygen atoms in total. The van der Waals surface area contributed by atoms with E-state index in [-0.39, 0.29) is 5.91 Å². The number of rotatable bonds is 2. The summed E-state index contributed by atoms with van der Waals surface area (Å²) in [5, 5.41) is 0. The summed E-state index contributed by atoms with van der Waals surface area (Å²) in [6.07, 6.45) is 6.47. The lowest BCUT2D eigenvalue weighted by Gasteiger charge is -2.42. The van der Waals surface area contributed by atoms with Gasteiger partial charge in [0.25, 0.3) is 0 Å². The minimum absolute atomic E-state index is 0.211. The lowest BCUT2D eigenvalue weighted by molar-refractivity contribution is -0.141. The molecule has 0 bridgehead atoms. The highest BCUT2D eigenvalue weighted by Gasteiger charge is 2.43. The van der Waals surface area contributed by atoms with Crippen molar-refractivity contribution in [3.8, 4) is 0 Å². The largest absolute Gasteiger partial charge is 0.341 e. The fraction of sp³-hybridized carbons (Fsp3) is 0.917. The van der Waals surface area contributed by atoms with Gasteiger partial charge in [0.05, 0.1) is 5.54 Å². The molecule has 3 heteroatoms. The average Bonchev–Trinajstić information content (AvgIpc) is 2.25. The normalized spacial score (nSPS) is 26.1. The van der Waals surface area contributed by atoms with Crippen LogP contribution in [0.2, 0.25) is 0 Å². The molecule has 0 atom stereocenters. The molecule has 15 heavy (non-hydrogen) atoms. The van der Waals surface area contributed by atoms with Gasteiger partial charge in [0, 0.05) is 13.1 Å². The maximum absolute atomic E-state index is 12.1. The van der Waals surface area contributed by atoms with E-state index >= 15 is 0 Å². The van der Waals surface area contributed by atoms with E-state index in [9.17, 15) is 4.79 Å². The Hall–Kier alpha value is -0.570. The van der Waals surface area contributed by atoms with Gasteiger partial charge in [-0.15, -0.1) is 0 Å². The molecule has 1 saturated heterocycles. The summed E-state index contributed by atoms with van der Waals surface area (Å²) in [6.45, 7) is 4.09. The molecule has 0 aromatic heterocycles. The molecular weight excluding hydrogens is 188 g/mol. The van der Waals surface area contributed by atoms with Gasteiger partial charge in [0.15, 0.2) is 0 Å². The molecule has 0 radical (unpaired) electrons. The van der Waals surface area contributed by atoms with E-state index in [1.807, 2.05) is 4.90 Å². The van der Waals surface area contributed by atoms with E-state index in [1.165, 1.54) is 19.3 Å². The van der Waals surface area contributed by atoms with E-state index in [0.717, 1.165) is 38.3 Å². The summed E-state index contributed by atoms with van der Waals surface area (Å²) in [7, 11) is 0. The summed E-state index contributed by atoms with van der Waals surface area (Å²) >= 11 is 0. The average molecular weight is 210 g/mol. The molecule has 0 aromatic rings. The topological polar surface area (TPSA) is 46.3 Å². The zero-order valence-electron chi connectivity index (χ0n) is 9.67. The fourth-order valence-electron chi connectivity index (χ4n) is 2.63. The van der Waals surface area contributed by atoms with Gasteiger partial charge in [-0.3, -0.25) is 4.79 Å². The van der Waals surface area contributed by atoms with Crippen molar-refractivity contribution in [3.05, 3.63) is 0 Å². The second-order valence-corrected chi connectivity index (χ2v) is 5.15. The first kappa shape index (κ1) is 10.9. The van der Waals surface area contributed by atoms with Crippen molar-refractivity contribution < 1.29 is 4.79 Å². The van der Waals surface area contributed by atoms with Crippen LogP contribution in [0.4, 0.5) is 0 Å². The fourth-order valence-corrected chi connectivity index (χ4v) is 2.63. The third kappa shape index (κ3) is 2.03. The number of amides is 1. The predicted octanol–water partition coefficient (Wildman–Crippen LogP) is 1.52. The van der Waals surface area contributed by atoms with Crippen molar-refractivity contribution in [2.75, 3.05) is 13.1 Å². The van der Waals surface area contributed by atoms with E-state index in [0.29, 0.717) is 0 Å². The van der Waals surface area contributed by atoms with Gasteiger partial charge in [-0.25, -0.2) is 0 Å². The van der Waals surface area contributed by atoms with Crippen LogP contribution in [0.5, 0.6) is 0 Å². The first-order valence-corrected chi connectivity index (χ1v) is 6.24. The van der Waals surface area contributed by atoms with Crippen LogP contribution in [0.3, 0.4) is 0 Å². The molecule has 86 valence electrons. The smallest absolute Gasteiger partial charge is 0.242 e. The molecule has 2 rings (SSSR count). The predicted molar refractivity (Wildman–Crippen MR) is 60.4 cm³/mol. The van der Waals surface area contributed by atoms with E-state index < -0.39 is 5.54 Å². The molecule has 2 aliphatic rings. The minimum Gasteiger partial charge on any atom is -0.341 e. The van der Waals surface area contributed by atoms with Gasteiger partial charge >= 0.3 is 0 Å². The molecule has 0 unspecified atom stereocenters. The quantitative estimate of drug-likeness (QED) is 0.751. The molecule has 2 N–H and O–H groups in total. The van der Waals surface area contributed by atoms with Gasteiger partial charge in [0.2, 0.25) is 5.91 Å². The molecule has 1 heterocycles. The molecule has 0 spiro atoms. The van der Waals surface area contributed by atoms with Crippen molar-refractivity contribution in [1.29, 1.82) is 0 Å². The van der Waals surface area contributed by atoms with Crippen LogP contribution in [0.25, 0.3) is 0 Å². The maximum Gasteiger partial charge on any atom is 0.242 e. The Morgan fingerprint density at radius 1 is 1.40 bits per heavy atom. The van der Waals surface area contributed by atoms with Crippen molar-refractivity contribution in [1.82, 2.24) is 4.90 Å². The summed E-state index contributed by atoms with van der Waals surface area (Å²) in [6, 6.07) is 0. The standard InChI is InChI=1S/C12H22N2O/c1-2-10-4-8-14(9-5-10)11(15)12(13)6-3-7-12/h10H,2-9,13H2,1H3. The second kappa shape index (κ2) is 4.12. The number of hydrogen-bond donors (Lipinski definition) is 1. The van der Waals surface area contributed by atoms with Gasteiger partial charge < -0.3 is 10.6 Å². The Morgan fingerprint density at radius 3 is 2.40 bits per heavy atom. The Bertz CT molecular complexity index is 240. The highest BCUT2D eigenvalue weighted by molar-refractivity contribution is 5.87. The highest BCUT2D eigenvalue weighted by atomic mass is 16.2. The van der Waals surface area contributed by atoms with E-state index in [4.69, 9.17) is 5.73 Å². The van der Waals surface area contributed by atoms with Crippen molar-refractivity contribution in [2.24, 2.45) is 11.7 Å². The molecule has 1 amide bonds. The molecule has 1 aliphatic heterocycles. The third-order valence-corrected chi connectivity index (χ3v) is 4.15. The number of carbonyl (C=O) groups excluding carboxylic acids is 1. The van der Waals surface area contributed by atoms with Gasteiger partial charge in [-0.1, -0.05) is 13.3 Å². The number of hydrogen-bond acceptors (Lipinski definition) is 2. The number of carbonyl (C=O) groups is 1. The monoisotopic (exact) mass is 210 g/mol. The Morgan fingerprint density at radius 2 is 2.00 bits per heavy atom. The molecule has 1 saturated carbocycles. The second-order valence-electron chi connectivity index (χ2n) is 5.15. The van der Waals surface area contributed by atoms with E-state index in [1.54, 1.807) is 0 Å². The summed E-state index contributed by atoms with van der Waals surface area (Å²) in [5.74, 6) is 1.03. The van der Waals surface area contributed by atoms with Gasteiger partial charge in [-0.2, -0.15) is 0 Å². The summed E-state index contributed by atoms with van der Waals surface area (Å²) < 4.78 is 0. The van der Waals surface area contributed by atoms with Crippen LogP contribution in [-0.2, 0) is 4.79 Å². The zero-order chi connectivity index (χ0) is 10.9. The zero-order valence-corrected chi connectivity index (χ0v) is 9.67. The summed E-state index contributed by atoms with van der Waals surface area (Å²) in [4.78, 5) is 14.1. The SMILES string of the molecule is CCC1CCN(C(=O)C2(N)CCC2)CC1. The Kier molecular flexibility index (Phi) is 3.01. The molecule has 1 aliphatic carbocycles. The van der Waals surface area contributed by atoms with Crippen molar-refractivity contribution in [3.63, 3.8) is 0 Å². The van der Waals surface area contributed by atoms with Crippen LogP contribution in [-0.4, -0.2) is 29.4 Å². The number of likely N-dealkylation sites (tertiary alicyclic amines) is 1. The minimum atomic E-state index is -0.487. The van der Waals surface area contributed by atoms with Gasteiger partial charge in [-0.05, 0) is 38.0 Å². The Balaban J connectivity index is 1.87. The number of nitrogens with zero attached hydrogens (tertiary/aromatic N) is 1. The highest BCUT2D eigenvalue weighted by Crippen LogP contribution is 2.32. The maximum atomic E-state index is 12.1. The van der Waals surface area contributed by atoms with Gasteiger partial charge in [0.1, 0.15) is 0 Å². The number of nitrogens with two attached hydrogens (primary N) is 1. The molecule has 2 fully saturated rings. The van der Waals surface area contributed by atoms with Crippen LogP contribution in [0.1, 0.15) is 45.4 Å². The van der Waals surface area contributed by atoms with E-state index in [2.05, 4.69) is 6.92 Å². The van der Waals surface area contributed by atoms with Crippen LogP contribution in [0.15, 0.2) is 0 Å².